The monoisotopic (exact) mass is 481 g/mol. The van der Waals surface area contributed by atoms with Crippen LogP contribution in [0.4, 0.5) is 0 Å². The standard InChI is InChI=1S/C24H20NO8P/c1-30-23(28)15-25-34(29,32-17-10-6-3-7-11-17)33-18-12-19(26)24-20(27)14-21(31-22(24)13-18)16-8-4-2-5-9-16/h2-14,26H,15H2,1H3,(H,25,29). The first-order valence-corrected chi connectivity index (χ1v) is 11.6. The van der Waals surface area contributed by atoms with Crippen LogP contribution in [0.2, 0.25) is 0 Å². The summed E-state index contributed by atoms with van der Waals surface area (Å²) in [6, 6.07) is 20.8. The maximum Gasteiger partial charge on any atom is 0.513 e. The van der Waals surface area contributed by atoms with Crippen LogP contribution in [-0.4, -0.2) is 24.7 Å². The molecule has 10 heteroatoms. The van der Waals surface area contributed by atoms with Crippen LogP contribution >= 0.6 is 7.75 Å². The number of nitrogens with one attached hydrogen (secondary N) is 1. The molecule has 0 aliphatic heterocycles. The molecule has 1 aromatic heterocycles. The van der Waals surface area contributed by atoms with Crippen molar-refractivity contribution in [2.45, 2.75) is 0 Å². The topological polar surface area (TPSA) is 124 Å². The second-order valence-electron chi connectivity index (χ2n) is 7.06. The maximum absolute atomic E-state index is 13.4. The molecule has 0 bridgehead atoms. The van der Waals surface area contributed by atoms with Crippen molar-refractivity contribution < 1.29 is 32.7 Å². The van der Waals surface area contributed by atoms with E-state index >= 15 is 0 Å². The van der Waals surface area contributed by atoms with Crippen molar-refractivity contribution in [2.24, 2.45) is 0 Å². The number of hydrogen-bond acceptors (Lipinski definition) is 8. The molecule has 4 rings (SSSR count). The molecule has 0 radical (unpaired) electrons. The Balaban J connectivity index is 1.73. The molecule has 34 heavy (non-hydrogen) atoms. The van der Waals surface area contributed by atoms with Gasteiger partial charge in [0.05, 0.1) is 7.11 Å². The van der Waals surface area contributed by atoms with Gasteiger partial charge in [-0.3, -0.25) is 9.59 Å². The first kappa shape index (κ1) is 23.1. The zero-order valence-corrected chi connectivity index (χ0v) is 18.9. The quantitative estimate of drug-likeness (QED) is 0.277. The number of para-hydroxylation sites is 1. The fraction of sp³-hybridized carbons (Fsp3) is 0.0833. The summed E-state index contributed by atoms with van der Waals surface area (Å²) in [6.45, 7) is -0.465. The van der Waals surface area contributed by atoms with Crippen LogP contribution in [0.25, 0.3) is 22.3 Å². The number of rotatable bonds is 8. The Kier molecular flexibility index (Phi) is 6.67. The molecule has 1 heterocycles. The summed E-state index contributed by atoms with van der Waals surface area (Å²) >= 11 is 0. The van der Waals surface area contributed by atoms with Gasteiger partial charge in [-0.2, -0.15) is 5.09 Å². The number of benzene rings is 3. The van der Waals surface area contributed by atoms with Crippen LogP contribution in [0.15, 0.2) is 88.1 Å². The highest BCUT2D eigenvalue weighted by Gasteiger charge is 2.30. The van der Waals surface area contributed by atoms with Crippen LogP contribution in [0.1, 0.15) is 0 Å². The number of aromatic hydroxyl groups is 1. The van der Waals surface area contributed by atoms with Gasteiger partial charge < -0.3 is 23.3 Å². The lowest BCUT2D eigenvalue weighted by Gasteiger charge is -2.20. The number of ether oxygens (including phenoxy) is 1. The summed E-state index contributed by atoms with van der Waals surface area (Å²) in [5.74, 6) is -0.747. The van der Waals surface area contributed by atoms with Crippen LogP contribution in [0, 0.1) is 0 Å². The summed E-state index contributed by atoms with van der Waals surface area (Å²) in [5.41, 5.74) is 0.211. The number of carbonyl (C=O) groups excluding carboxylic acids is 1. The van der Waals surface area contributed by atoms with Gasteiger partial charge in [0.25, 0.3) is 0 Å². The van der Waals surface area contributed by atoms with Gasteiger partial charge in [-0.15, -0.1) is 0 Å². The second-order valence-corrected chi connectivity index (χ2v) is 8.74. The Morgan fingerprint density at radius 2 is 1.62 bits per heavy atom. The van der Waals surface area contributed by atoms with Crippen LogP contribution < -0.4 is 19.6 Å². The largest absolute Gasteiger partial charge is 0.513 e. The normalized spacial score (nSPS) is 12.6. The van der Waals surface area contributed by atoms with Crippen molar-refractivity contribution in [3.63, 3.8) is 0 Å². The highest BCUT2D eigenvalue weighted by Crippen LogP contribution is 2.46. The van der Waals surface area contributed by atoms with Gasteiger partial charge in [0.15, 0.2) is 5.43 Å². The van der Waals surface area contributed by atoms with E-state index < -0.39 is 31.4 Å². The van der Waals surface area contributed by atoms with Crippen molar-refractivity contribution in [3.05, 3.63) is 89.1 Å². The van der Waals surface area contributed by atoms with Crippen molar-refractivity contribution in [1.82, 2.24) is 5.09 Å². The number of phenols is 1. The Labute approximate surface area is 194 Å². The van der Waals surface area contributed by atoms with Gasteiger partial charge in [-0.1, -0.05) is 48.5 Å². The molecule has 174 valence electrons. The van der Waals surface area contributed by atoms with Gasteiger partial charge in [0.1, 0.15) is 40.5 Å². The van der Waals surface area contributed by atoms with Gasteiger partial charge >= 0.3 is 13.7 Å². The summed E-state index contributed by atoms with van der Waals surface area (Å²) < 4.78 is 34.9. The fourth-order valence-electron chi connectivity index (χ4n) is 3.12. The third-order valence-electron chi connectivity index (χ3n) is 4.68. The molecular weight excluding hydrogens is 461 g/mol. The van der Waals surface area contributed by atoms with E-state index in [1.54, 1.807) is 54.6 Å². The van der Waals surface area contributed by atoms with Crippen LogP contribution in [-0.2, 0) is 14.1 Å². The third kappa shape index (κ3) is 5.28. The van der Waals surface area contributed by atoms with Gasteiger partial charge in [0.2, 0.25) is 0 Å². The average molecular weight is 481 g/mol. The summed E-state index contributed by atoms with van der Waals surface area (Å²) in [6.07, 6.45) is 0. The van der Waals surface area contributed by atoms with Crippen molar-refractivity contribution in [3.8, 4) is 28.6 Å². The van der Waals surface area contributed by atoms with E-state index in [0.717, 1.165) is 6.07 Å². The van der Waals surface area contributed by atoms with Gasteiger partial charge in [-0.05, 0) is 12.1 Å². The number of phenolic OH excluding ortho intramolecular Hbond substituents is 1. The average Bonchev–Trinajstić information content (AvgIpc) is 2.83. The Bertz CT molecular complexity index is 1420. The zero-order chi connectivity index (χ0) is 24.1. The minimum absolute atomic E-state index is 0.0144. The summed E-state index contributed by atoms with van der Waals surface area (Å²) in [7, 11) is -3.01. The van der Waals surface area contributed by atoms with E-state index in [0.29, 0.717) is 5.56 Å². The molecule has 0 aliphatic rings. The zero-order valence-electron chi connectivity index (χ0n) is 18.0. The van der Waals surface area contributed by atoms with E-state index in [1.165, 1.54) is 19.2 Å². The molecule has 1 atom stereocenters. The molecule has 9 nitrogen and oxygen atoms in total. The number of hydrogen-bond donors (Lipinski definition) is 2. The molecule has 0 spiro atoms. The van der Waals surface area contributed by atoms with E-state index in [4.69, 9.17) is 13.5 Å². The van der Waals surface area contributed by atoms with Crippen molar-refractivity contribution in [2.75, 3.05) is 13.7 Å². The lowest BCUT2D eigenvalue weighted by molar-refractivity contribution is -0.139. The van der Waals surface area contributed by atoms with E-state index in [2.05, 4.69) is 9.82 Å². The number of carbonyl (C=O) groups is 1. The molecule has 0 saturated heterocycles. The SMILES string of the molecule is COC(=O)CNP(=O)(Oc1ccccc1)Oc1cc(O)c2c(=O)cc(-c3ccccc3)oc2c1. The molecule has 0 aliphatic carbocycles. The first-order chi connectivity index (χ1) is 16.4. The molecule has 1 unspecified atom stereocenters. The Hall–Kier alpha value is -4.07. The Morgan fingerprint density at radius 3 is 2.29 bits per heavy atom. The van der Waals surface area contributed by atoms with E-state index in [1.807, 2.05) is 6.07 Å². The predicted octanol–water partition coefficient (Wildman–Crippen LogP) is 4.49. The van der Waals surface area contributed by atoms with Gasteiger partial charge in [0, 0.05) is 23.8 Å². The smallest absolute Gasteiger partial charge is 0.507 e. The molecule has 0 saturated carbocycles. The highest BCUT2D eigenvalue weighted by molar-refractivity contribution is 7.52. The molecule has 4 aromatic rings. The molecule has 3 aromatic carbocycles. The fourth-order valence-corrected chi connectivity index (χ4v) is 4.39. The summed E-state index contributed by atoms with van der Waals surface area (Å²) in [4.78, 5) is 24.2. The van der Waals surface area contributed by atoms with Crippen molar-refractivity contribution in [1.29, 1.82) is 0 Å². The lowest BCUT2D eigenvalue weighted by atomic mass is 10.1. The highest BCUT2D eigenvalue weighted by atomic mass is 31.2. The van der Waals surface area contributed by atoms with Gasteiger partial charge in [-0.25, -0.2) is 4.57 Å². The van der Waals surface area contributed by atoms with E-state index in [-0.39, 0.29) is 28.2 Å². The van der Waals surface area contributed by atoms with Crippen LogP contribution in [0.3, 0.4) is 0 Å². The summed E-state index contributed by atoms with van der Waals surface area (Å²) in [5, 5.41) is 12.8. The third-order valence-corrected chi connectivity index (χ3v) is 6.13. The molecule has 0 amide bonds. The first-order valence-electron chi connectivity index (χ1n) is 10.1. The van der Waals surface area contributed by atoms with Crippen LogP contribution in [0.5, 0.6) is 17.2 Å². The molecular formula is C24H20NO8P. The number of methoxy groups -OCH3 is 1. The van der Waals surface area contributed by atoms with Crippen molar-refractivity contribution >= 4 is 24.7 Å². The molecule has 0 fully saturated rings. The second kappa shape index (κ2) is 9.82. The lowest BCUT2D eigenvalue weighted by Crippen LogP contribution is -2.26. The van der Waals surface area contributed by atoms with E-state index in [9.17, 15) is 19.3 Å². The minimum Gasteiger partial charge on any atom is -0.507 e. The number of esters is 1. The maximum atomic E-state index is 13.4. The molecule has 2 N–H and O–H groups in total. The predicted molar refractivity (Wildman–Crippen MR) is 125 cm³/mol. The number of fused-ring (bicyclic) bond motifs is 1. The minimum atomic E-state index is -4.19. The Morgan fingerprint density at radius 1 is 0.971 bits per heavy atom.